The summed E-state index contributed by atoms with van der Waals surface area (Å²) in [5.74, 6) is -4.75. The number of aliphatic hydroxyl groups excluding tert-OH is 11. The number of benzene rings is 1. The maximum atomic E-state index is 14.1. The number of primary amides is 1. The zero-order valence-electron chi connectivity index (χ0n) is 72.9. The van der Waals surface area contributed by atoms with E-state index < -0.39 is 171 Å². The van der Waals surface area contributed by atoms with Gasteiger partial charge in [0.2, 0.25) is 35.4 Å². The molecule has 12 atom stereocenters. The van der Waals surface area contributed by atoms with Crippen molar-refractivity contribution < 1.29 is 169 Å². The first-order valence-corrected chi connectivity index (χ1v) is 43.8. The lowest BCUT2D eigenvalue weighted by atomic mass is 10.0. The van der Waals surface area contributed by atoms with Crippen molar-refractivity contribution in [3.63, 3.8) is 0 Å². The van der Waals surface area contributed by atoms with E-state index in [-0.39, 0.29) is 196 Å². The van der Waals surface area contributed by atoms with Crippen LogP contribution in [0.25, 0.3) is 0 Å². The van der Waals surface area contributed by atoms with E-state index in [9.17, 15) is 99.0 Å². The van der Waals surface area contributed by atoms with E-state index in [1.165, 1.54) is 17.1 Å². The average molecular weight is 1940 g/mol. The summed E-state index contributed by atoms with van der Waals surface area (Å²) < 4.78 is 71.3. The number of hydrogen-bond acceptors (Lipinski definition) is 36. The first kappa shape index (κ1) is 117. The predicted octanol–water partition coefficient (Wildman–Crippen LogP) is -5.49. The van der Waals surface area contributed by atoms with Gasteiger partial charge in [0.05, 0.1) is 190 Å². The van der Waals surface area contributed by atoms with Gasteiger partial charge in [-0.3, -0.25) is 53.0 Å². The van der Waals surface area contributed by atoms with Gasteiger partial charge >= 0.3 is 6.03 Å². The number of urea groups is 1. The standard InChI is InChI=1S/C81H141IN10O35/c1-56(2)73(80(113)89-60(11-8-23-85-81(83)114)78(111)86-58-16-14-57(15-17-58)55-127-82)90-79(112)59(87-68(101)13-4-3-7-24-92-70(103)18-19-71(92)104)10-5-6-22-84-67(100)20-27-116-31-35-120-39-43-124-47-46-123-42-38-119-34-30-115-26-9-12-62(95)61(50-72(105)106)88-69(102)21-28-117-32-36-121-40-44-125-48-49-126-45-41-122-37-33-118-29-25-91(51-63(96)74(107)76(109)65(98)53-93)52-64(97)75(108)77(110)66(99)54-94/h14-19,56,59-61,63-66,72-77,93-94,96-99,105-110H,3-13,20-55H2,1-2H3,(H,84,100)(H,86,111)(H,87,101)(H,88,102)(H,89,113)(H,90,112)(H3,83,85,114)/t59-,60-,61-,63-,64-,65+,66+,73-,74+,75+,76+,77+/m0/s1. The van der Waals surface area contributed by atoms with Gasteiger partial charge in [-0.05, 0) is 75.0 Å². The molecule has 0 bridgehead atoms. The van der Waals surface area contributed by atoms with Gasteiger partial charge in [-0.25, -0.2) is 4.79 Å². The van der Waals surface area contributed by atoms with E-state index in [0.29, 0.717) is 90.5 Å². The zero-order chi connectivity index (χ0) is 93.8. The minimum absolute atomic E-state index is 0.00985. The smallest absolute Gasteiger partial charge is 0.312 e. The Morgan fingerprint density at radius 1 is 0.425 bits per heavy atom. The van der Waals surface area contributed by atoms with Crippen molar-refractivity contribution in [1.29, 1.82) is 0 Å². The van der Waals surface area contributed by atoms with Crippen LogP contribution in [0, 0.1) is 5.92 Å². The van der Waals surface area contributed by atoms with Crippen LogP contribution in [0.1, 0.15) is 109 Å². The normalized spacial score (nSPS) is 15.1. The van der Waals surface area contributed by atoms with E-state index in [1.54, 1.807) is 61.1 Å². The number of nitrogens with zero attached hydrogens (tertiary/aromatic N) is 2. The molecule has 1 aromatic rings. The quantitative estimate of drug-likeness (QED) is 0.0125. The monoisotopic (exact) mass is 1940 g/mol. The second-order valence-corrected chi connectivity index (χ2v) is 30.3. The summed E-state index contributed by atoms with van der Waals surface area (Å²) in [6, 6.07) is 1.68. The lowest BCUT2D eigenvalue weighted by molar-refractivity contribution is -0.137. The van der Waals surface area contributed by atoms with E-state index in [2.05, 4.69) is 37.2 Å². The summed E-state index contributed by atoms with van der Waals surface area (Å²) >= 11 is 1.78. The largest absolute Gasteiger partial charge is 0.394 e. The molecule has 0 saturated heterocycles. The summed E-state index contributed by atoms with van der Waals surface area (Å²) in [7, 11) is 0. The van der Waals surface area contributed by atoms with Crippen LogP contribution in [-0.2, 0) is 110 Å². The Morgan fingerprint density at radius 2 is 0.843 bits per heavy atom. The topological polar surface area (TPSA) is 650 Å². The van der Waals surface area contributed by atoms with Gasteiger partial charge in [0.25, 0.3) is 11.8 Å². The molecule has 46 heteroatoms. The molecule has 732 valence electrons. The molecular weight excluding hydrogens is 1800 g/mol. The first-order chi connectivity index (χ1) is 61.0. The molecule has 1 heterocycles. The van der Waals surface area contributed by atoms with Crippen LogP contribution in [0.3, 0.4) is 0 Å². The molecule has 45 nitrogen and oxygen atoms in total. The highest BCUT2D eigenvalue weighted by Gasteiger charge is 2.36. The summed E-state index contributed by atoms with van der Waals surface area (Å²) in [5, 5.41) is 137. The van der Waals surface area contributed by atoms with E-state index in [1.807, 2.05) is 0 Å². The first-order valence-electron chi connectivity index (χ1n) is 42.9. The van der Waals surface area contributed by atoms with Gasteiger partial charge in [0.1, 0.15) is 77.8 Å². The second-order valence-electron chi connectivity index (χ2n) is 29.7. The summed E-state index contributed by atoms with van der Waals surface area (Å²) in [5.41, 5.74) is 6.55. The van der Waals surface area contributed by atoms with E-state index in [4.69, 9.17) is 75.9 Å². The van der Waals surface area contributed by atoms with Gasteiger partial charge < -0.3 is 164 Å². The van der Waals surface area contributed by atoms with Crippen LogP contribution in [0.4, 0.5) is 10.5 Å². The number of carbonyl (C=O) groups is 10. The highest BCUT2D eigenvalue weighted by Crippen LogP contribution is 2.17. The van der Waals surface area contributed by atoms with Crippen LogP contribution in [-0.4, -0.2) is 420 Å². The van der Waals surface area contributed by atoms with Crippen molar-refractivity contribution in [3.8, 4) is 0 Å². The molecule has 0 saturated carbocycles. The Morgan fingerprint density at radius 3 is 1.30 bits per heavy atom. The molecule has 0 fully saturated rings. The highest BCUT2D eigenvalue weighted by molar-refractivity contribution is 14.1. The Bertz CT molecular complexity index is 3120. The fourth-order valence-electron chi connectivity index (χ4n) is 11.8. The molecule has 0 unspecified atom stereocenters. The number of rotatable bonds is 84. The minimum Gasteiger partial charge on any atom is -0.394 e. The Kier molecular flexibility index (Phi) is 68.1. The third-order valence-corrected chi connectivity index (χ3v) is 19.3. The number of unbranched alkanes of at least 4 members (excludes halogenated alkanes) is 3. The molecule has 0 aliphatic carbocycles. The molecule has 10 amide bonds. The number of hydrogen-bond donors (Lipinski definition) is 20. The average Bonchev–Trinajstić information content (AvgIpc) is 1.14. The Hall–Kier alpha value is -6.45. The number of anilines is 1. The molecule has 0 radical (unpaired) electrons. The molecule has 1 aliphatic heterocycles. The van der Waals surface area contributed by atoms with Crippen LogP contribution in [0.15, 0.2) is 36.4 Å². The number of aliphatic hydroxyl groups is 12. The van der Waals surface area contributed by atoms with Gasteiger partial charge in [0, 0.05) is 95.8 Å². The number of ketones is 1. The SMILES string of the molecule is CC(C)[C@H](NC(=O)[C@H](CCCCNC(=O)CCOCCOCCOCCOCCOCCOCCCC(=O)[C@H](CC(O)O)NC(=O)CCOCCOCCOCCOCCOCCOCCN(C[C@H](O)[C@@H](O)[C@H](O)[C@H](O)CO)C[C@H](O)[C@@H](O)[C@H](O)[C@H](O)CO)NC(=O)CCCCCN1C(=O)C=CC1=O)C(=O)N[C@@H](CCCNC(N)=O)C(=O)Nc1ccc(COI)cc1. The highest BCUT2D eigenvalue weighted by atomic mass is 127. The minimum atomic E-state index is -1.92. The molecule has 127 heavy (non-hydrogen) atoms. The molecule has 0 spiro atoms. The van der Waals surface area contributed by atoms with Gasteiger partial charge in [0.15, 0.2) is 12.1 Å². The molecule has 2 rings (SSSR count). The summed E-state index contributed by atoms with van der Waals surface area (Å²) in [4.78, 5) is 131. The number of nitrogens with one attached hydrogen (secondary N) is 7. The Balaban J connectivity index is 1.53. The van der Waals surface area contributed by atoms with Crippen LogP contribution >= 0.6 is 23.0 Å². The third-order valence-electron chi connectivity index (χ3n) is 19.0. The number of Topliss-reactive ketones (excluding diaryl/α,β-unsaturated/α-hetero) is 1. The van der Waals surface area contributed by atoms with Crippen molar-refractivity contribution in [2.45, 2.75) is 190 Å². The number of carbonyl (C=O) groups excluding carboxylic acids is 10. The van der Waals surface area contributed by atoms with E-state index in [0.717, 1.165) is 10.5 Å². The van der Waals surface area contributed by atoms with E-state index >= 15 is 0 Å². The maximum absolute atomic E-state index is 14.1. The second kappa shape index (κ2) is 74.1. The number of amides is 10. The summed E-state index contributed by atoms with van der Waals surface area (Å²) in [6.45, 7) is 7.14. The van der Waals surface area contributed by atoms with Gasteiger partial charge in [-0.1, -0.05) is 32.4 Å². The van der Waals surface area contributed by atoms with Crippen LogP contribution < -0.4 is 43.0 Å². The molecule has 1 aromatic carbocycles. The number of halogens is 1. The van der Waals surface area contributed by atoms with Crippen molar-refractivity contribution >= 4 is 87.8 Å². The zero-order valence-corrected chi connectivity index (χ0v) is 75.0. The van der Waals surface area contributed by atoms with Crippen LogP contribution in [0.5, 0.6) is 0 Å². The number of nitrogens with two attached hydrogens (primary N) is 1. The molecule has 0 aromatic heterocycles. The van der Waals surface area contributed by atoms with Crippen molar-refractivity contribution in [2.75, 3.05) is 216 Å². The molecule has 21 N–H and O–H groups in total. The lowest BCUT2D eigenvalue weighted by Crippen LogP contribution is -2.57. The lowest BCUT2D eigenvalue weighted by Gasteiger charge is -2.33. The number of imide groups is 1. The van der Waals surface area contributed by atoms with Gasteiger partial charge in [-0.2, -0.15) is 0 Å². The molecular formula is C81H141IN10O35. The van der Waals surface area contributed by atoms with Crippen molar-refractivity contribution in [3.05, 3.63) is 42.0 Å². The maximum Gasteiger partial charge on any atom is 0.312 e. The van der Waals surface area contributed by atoms with Gasteiger partial charge in [-0.15, -0.1) is 0 Å². The molecule has 1 aliphatic rings. The Labute approximate surface area is 754 Å². The van der Waals surface area contributed by atoms with Crippen molar-refractivity contribution in [2.24, 2.45) is 11.7 Å². The fourth-order valence-corrected chi connectivity index (χ4v) is 12.2. The number of ether oxygens (including phenoxy) is 12. The fraction of sp³-hybridized carbons (Fsp3) is 0.778. The predicted molar refractivity (Wildman–Crippen MR) is 459 cm³/mol. The van der Waals surface area contributed by atoms with Crippen LogP contribution in [0.2, 0.25) is 0 Å². The summed E-state index contributed by atoms with van der Waals surface area (Å²) in [6.07, 6.45) is -11.4. The van der Waals surface area contributed by atoms with Crippen molar-refractivity contribution in [1.82, 2.24) is 41.7 Å². The third kappa shape index (κ3) is 57.5.